The fourth-order valence-corrected chi connectivity index (χ4v) is 3.80. The second kappa shape index (κ2) is 9.19. The third kappa shape index (κ3) is 4.64. The second-order valence-corrected chi connectivity index (χ2v) is 7.47. The first-order valence-electron chi connectivity index (χ1n) is 10.2. The van der Waals surface area contributed by atoms with Gasteiger partial charge in [0.1, 0.15) is 11.8 Å². The van der Waals surface area contributed by atoms with Crippen LogP contribution in [0.15, 0.2) is 66.9 Å². The lowest BCUT2D eigenvalue weighted by atomic mass is 9.90. The Hall–Kier alpha value is -3.72. The van der Waals surface area contributed by atoms with Gasteiger partial charge in [0.05, 0.1) is 11.3 Å². The van der Waals surface area contributed by atoms with Crippen molar-refractivity contribution in [2.75, 3.05) is 18.4 Å². The monoisotopic (exact) mass is 397 g/mol. The Labute approximate surface area is 176 Å². The van der Waals surface area contributed by atoms with Gasteiger partial charge in [-0.15, -0.1) is 0 Å². The van der Waals surface area contributed by atoms with Crippen molar-refractivity contribution in [3.8, 4) is 6.07 Å². The van der Waals surface area contributed by atoms with Gasteiger partial charge >= 0.3 is 0 Å². The van der Waals surface area contributed by atoms with Crippen molar-refractivity contribution in [1.82, 2.24) is 14.9 Å². The number of aromatic nitrogens is 2. The van der Waals surface area contributed by atoms with Crippen LogP contribution >= 0.6 is 0 Å². The Morgan fingerprint density at radius 1 is 1.07 bits per heavy atom. The molecule has 0 unspecified atom stereocenters. The van der Waals surface area contributed by atoms with E-state index >= 15 is 0 Å². The average molecular weight is 397 g/mol. The molecule has 6 heteroatoms. The van der Waals surface area contributed by atoms with E-state index in [9.17, 15) is 10.1 Å². The number of nitrogens with one attached hydrogen (secondary N) is 1. The number of hydrogen-bond donors (Lipinski definition) is 1. The third-order valence-electron chi connectivity index (χ3n) is 5.44. The molecule has 1 aliphatic heterocycles. The Morgan fingerprint density at radius 2 is 1.80 bits per heavy atom. The van der Waals surface area contributed by atoms with Crippen molar-refractivity contribution in [3.05, 3.63) is 83.7 Å². The number of carbonyl (C=O) groups excluding carboxylic acids is 1. The molecule has 30 heavy (non-hydrogen) atoms. The quantitative estimate of drug-likeness (QED) is 0.698. The zero-order valence-corrected chi connectivity index (χ0v) is 16.7. The third-order valence-corrected chi connectivity index (χ3v) is 5.44. The smallest absolute Gasteiger partial charge is 0.272 e. The van der Waals surface area contributed by atoms with Crippen LogP contribution in [0, 0.1) is 17.2 Å². The zero-order chi connectivity index (χ0) is 20.8. The van der Waals surface area contributed by atoms with Gasteiger partial charge in [-0.25, -0.2) is 9.97 Å². The molecule has 2 aromatic carbocycles. The first-order valence-corrected chi connectivity index (χ1v) is 10.2. The van der Waals surface area contributed by atoms with Crippen LogP contribution in [-0.4, -0.2) is 33.9 Å². The number of anilines is 2. The first-order chi connectivity index (χ1) is 14.7. The van der Waals surface area contributed by atoms with Gasteiger partial charge in [0.15, 0.2) is 0 Å². The molecular weight excluding hydrogens is 374 g/mol. The molecule has 1 saturated heterocycles. The topological polar surface area (TPSA) is 81.9 Å². The van der Waals surface area contributed by atoms with E-state index in [1.54, 1.807) is 30.5 Å². The van der Waals surface area contributed by atoms with Crippen LogP contribution in [0.2, 0.25) is 0 Å². The van der Waals surface area contributed by atoms with Gasteiger partial charge in [-0.3, -0.25) is 4.79 Å². The normalized spacial score (nSPS) is 14.2. The molecule has 2 heterocycles. The highest BCUT2D eigenvalue weighted by molar-refractivity contribution is 5.92. The number of rotatable bonds is 5. The van der Waals surface area contributed by atoms with Crippen LogP contribution < -0.4 is 5.32 Å². The Bertz CT molecular complexity index is 1050. The summed E-state index contributed by atoms with van der Waals surface area (Å²) in [5, 5.41) is 12.3. The van der Waals surface area contributed by atoms with Crippen LogP contribution in [0.4, 0.5) is 11.6 Å². The standard InChI is InChI=1S/C24H23N5O/c25-17-20-8-4-5-9-21(20)27-24-26-13-10-22(28-24)23(30)29-14-11-19(12-15-29)16-18-6-2-1-3-7-18/h1-10,13,19H,11-12,14-16H2,(H,26,27,28). The van der Waals surface area contributed by atoms with Gasteiger partial charge in [0.25, 0.3) is 5.91 Å². The highest BCUT2D eigenvalue weighted by Crippen LogP contribution is 2.23. The number of amides is 1. The molecule has 1 aromatic heterocycles. The molecule has 4 rings (SSSR count). The van der Waals surface area contributed by atoms with Crippen LogP contribution in [0.25, 0.3) is 0 Å². The van der Waals surface area contributed by atoms with Crippen molar-refractivity contribution in [1.29, 1.82) is 5.26 Å². The number of para-hydroxylation sites is 1. The molecule has 150 valence electrons. The molecule has 0 radical (unpaired) electrons. The Balaban J connectivity index is 1.38. The summed E-state index contributed by atoms with van der Waals surface area (Å²) in [7, 11) is 0. The fraction of sp³-hybridized carbons (Fsp3) is 0.250. The highest BCUT2D eigenvalue weighted by Gasteiger charge is 2.24. The van der Waals surface area contributed by atoms with Crippen LogP contribution in [0.1, 0.15) is 34.5 Å². The molecule has 1 N–H and O–H groups in total. The van der Waals surface area contributed by atoms with Gasteiger partial charge in [-0.05, 0) is 48.9 Å². The summed E-state index contributed by atoms with van der Waals surface area (Å²) in [6, 6.07) is 21.4. The minimum absolute atomic E-state index is 0.0767. The average Bonchev–Trinajstić information content (AvgIpc) is 2.80. The number of piperidine rings is 1. The maximum atomic E-state index is 12.9. The van der Waals surface area contributed by atoms with Crippen LogP contribution in [-0.2, 0) is 6.42 Å². The van der Waals surface area contributed by atoms with Gasteiger partial charge in [0, 0.05) is 19.3 Å². The van der Waals surface area contributed by atoms with E-state index in [4.69, 9.17) is 0 Å². The van der Waals surface area contributed by atoms with E-state index in [2.05, 4.69) is 45.6 Å². The summed E-state index contributed by atoms with van der Waals surface area (Å²) in [4.78, 5) is 23.4. The lowest BCUT2D eigenvalue weighted by molar-refractivity contribution is 0.0684. The number of benzene rings is 2. The van der Waals surface area contributed by atoms with Gasteiger partial charge < -0.3 is 10.2 Å². The van der Waals surface area contributed by atoms with Gasteiger partial charge in [-0.2, -0.15) is 5.26 Å². The Morgan fingerprint density at radius 3 is 2.57 bits per heavy atom. The van der Waals surface area contributed by atoms with Gasteiger partial charge in [-0.1, -0.05) is 42.5 Å². The number of nitrogens with zero attached hydrogens (tertiary/aromatic N) is 4. The molecule has 1 aliphatic rings. The van der Waals surface area contributed by atoms with Crippen molar-refractivity contribution >= 4 is 17.5 Å². The van der Waals surface area contributed by atoms with E-state index in [1.165, 1.54) is 5.56 Å². The van der Waals surface area contributed by atoms with Crippen molar-refractivity contribution < 1.29 is 4.79 Å². The predicted molar refractivity (Wildman–Crippen MR) is 115 cm³/mol. The summed E-state index contributed by atoms with van der Waals surface area (Å²) < 4.78 is 0. The molecule has 1 fully saturated rings. The minimum Gasteiger partial charge on any atom is -0.337 e. The predicted octanol–water partition coefficient (Wildman–Crippen LogP) is 4.19. The largest absolute Gasteiger partial charge is 0.337 e. The SMILES string of the molecule is N#Cc1ccccc1Nc1nccc(C(=O)N2CCC(Cc3ccccc3)CC2)n1. The molecule has 1 amide bonds. The van der Waals surface area contributed by atoms with Crippen molar-refractivity contribution in [2.45, 2.75) is 19.3 Å². The number of likely N-dealkylation sites (tertiary alicyclic amines) is 1. The molecule has 0 spiro atoms. The molecule has 0 saturated carbocycles. The number of carbonyl (C=O) groups is 1. The lowest BCUT2D eigenvalue weighted by Gasteiger charge is -2.32. The number of hydrogen-bond acceptors (Lipinski definition) is 5. The highest BCUT2D eigenvalue weighted by atomic mass is 16.2. The van der Waals surface area contributed by atoms with Crippen LogP contribution in [0.5, 0.6) is 0 Å². The maximum absolute atomic E-state index is 12.9. The van der Waals surface area contributed by atoms with Gasteiger partial charge in [0.2, 0.25) is 5.95 Å². The van der Waals surface area contributed by atoms with E-state index in [0.29, 0.717) is 28.8 Å². The van der Waals surface area contributed by atoms with E-state index in [1.807, 2.05) is 17.0 Å². The molecule has 6 nitrogen and oxygen atoms in total. The summed E-state index contributed by atoms with van der Waals surface area (Å²) in [5.41, 5.74) is 2.83. The summed E-state index contributed by atoms with van der Waals surface area (Å²) in [5.74, 6) is 0.830. The number of nitriles is 1. The Kier molecular flexibility index (Phi) is 6.00. The fourth-order valence-electron chi connectivity index (χ4n) is 3.80. The summed E-state index contributed by atoms with van der Waals surface area (Å²) in [6.07, 6.45) is 4.61. The molecular formula is C24H23N5O. The lowest BCUT2D eigenvalue weighted by Crippen LogP contribution is -2.39. The molecule has 3 aromatic rings. The van der Waals surface area contributed by atoms with E-state index in [-0.39, 0.29) is 5.91 Å². The minimum atomic E-state index is -0.0767. The van der Waals surface area contributed by atoms with Crippen LogP contribution in [0.3, 0.4) is 0 Å². The zero-order valence-electron chi connectivity index (χ0n) is 16.7. The maximum Gasteiger partial charge on any atom is 0.272 e. The van der Waals surface area contributed by atoms with Crippen molar-refractivity contribution in [3.63, 3.8) is 0 Å². The van der Waals surface area contributed by atoms with Crippen molar-refractivity contribution in [2.24, 2.45) is 5.92 Å². The summed E-state index contributed by atoms with van der Waals surface area (Å²) in [6.45, 7) is 1.47. The van der Waals surface area contributed by atoms with E-state index < -0.39 is 0 Å². The molecule has 0 aliphatic carbocycles. The first kappa shape index (κ1) is 19.6. The molecule has 0 atom stereocenters. The molecule has 0 bridgehead atoms. The van der Waals surface area contributed by atoms with E-state index in [0.717, 1.165) is 32.4 Å². The summed E-state index contributed by atoms with van der Waals surface area (Å²) >= 11 is 0. The second-order valence-electron chi connectivity index (χ2n) is 7.47.